The summed E-state index contributed by atoms with van der Waals surface area (Å²) in [5, 5.41) is 2.70. The molecule has 20 heavy (non-hydrogen) atoms. The van der Waals surface area contributed by atoms with Gasteiger partial charge >= 0.3 is 0 Å². The van der Waals surface area contributed by atoms with E-state index in [1.165, 1.54) is 0 Å². The summed E-state index contributed by atoms with van der Waals surface area (Å²) in [5.41, 5.74) is 1.17. The van der Waals surface area contributed by atoms with Gasteiger partial charge in [-0.3, -0.25) is 9.59 Å². The maximum Gasteiger partial charge on any atom is 0.262 e. The van der Waals surface area contributed by atoms with Crippen molar-refractivity contribution >= 4 is 17.5 Å². The van der Waals surface area contributed by atoms with E-state index in [4.69, 9.17) is 9.47 Å². The Morgan fingerprint density at radius 2 is 2.30 bits per heavy atom. The van der Waals surface area contributed by atoms with Crippen LogP contribution in [0.25, 0.3) is 0 Å². The smallest absolute Gasteiger partial charge is 0.262 e. The zero-order chi connectivity index (χ0) is 14.1. The zero-order valence-corrected chi connectivity index (χ0v) is 11.2. The van der Waals surface area contributed by atoms with Gasteiger partial charge in [0.05, 0.1) is 18.4 Å². The molecule has 2 aliphatic rings. The number of carbonyl (C=O) groups excluding carboxylic acids is 2. The Morgan fingerprint density at radius 3 is 3.10 bits per heavy atom. The number of anilines is 1. The fraction of sp³-hybridized carbons (Fsp3) is 0.429. The maximum atomic E-state index is 12.4. The first kappa shape index (κ1) is 12.9. The van der Waals surface area contributed by atoms with E-state index in [0.29, 0.717) is 36.7 Å². The fourth-order valence-corrected chi connectivity index (χ4v) is 2.39. The van der Waals surface area contributed by atoms with Crippen LogP contribution >= 0.6 is 0 Å². The number of amides is 2. The summed E-state index contributed by atoms with van der Waals surface area (Å²) in [4.78, 5) is 25.4. The van der Waals surface area contributed by atoms with E-state index in [1.807, 2.05) is 6.92 Å². The van der Waals surface area contributed by atoms with E-state index in [0.717, 1.165) is 0 Å². The number of nitrogens with zero attached hydrogens (tertiary/aromatic N) is 1. The van der Waals surface area contributed by atoms with Crippen LogP contribution in [0.15, 0.2) is 18.2 Å². The van der Waals surface area contributed by atoms with Gasteiger partial charge in [-0.15, -0.1) is 0 Å². The third-order valence-electron chi connectivity index (χ3n) is 3.39. The summed E-state index contributed by atoms with van der Waals surface area (Å²) in [5.74, 6) is 0.318. The molecule has 0 saturated carbocycles. The number of nitrogens with one attached hydrogen (secondary N) is 1. The summed E-state index contributed by atoms with van der Waals surface area (Å²) in [6, 6.07) is 5.08. The minimum atomic E-state index is -0.182. The molecule has 6 heteroatoms. The van der Waals surface area contributed by atoms with Crippen molar-refractivity contribution in [3.05, 3.63) is 23.8 Å². The number of benzene rings is 1. The van der Waals surface area contributed by atoms with Gasteiger partial charge in [0.2, 0.25) is 0 Å². The number of hydrogen-bond acceptors (Lipinski definition) is 4. The van der Waals surface area contributed by atoms with Crippen LogP contribution in [-0.2, 0) is 9.53 Å². The van der Waals surface area contributed by atoms with Gasteiger partial charge in [0, 0.05) is 18.7 Å². The highest BCUT2D eigenvalue weighted by Crippen LogP contribution is 2.29. The first-order valence-electron chi connectivity index (χ1n) is 6.61. The highest BCUT2D eigenvalue weighted by molar-refractivity contribution is 5.99. The summed E-state index contributed by atoms with van der Waals surface area (Å²) in [6.45, 7) is 3.68. The van der Waals surface area contributed by atoms with Gasteiger partial charge in [-0.1, -0.05) is 0 Å². The predicted octanol–water partition coefficient (Wildman–Crippen LogP) is 0.878. The number of rotatable bonds is 1. The lowest BCUT2D eigenvalue weighted by Crippen LogP contribution is -2.44. The van der Waals surface area contributed by atoms with Crippen LogP contribution < -0.4 is 10.1 Å². The summed E-state index contributed by atoms with van der Waals surface area (Å²) >= 11 is 0. The first-order valence-corrected chi connectivity index (χ1v) is 6.61. The molecule has 3 rings (SSSR count). The predicted molar refractivity (Wildman–Crippen MR) is 71.9 cm³/mol. The Balaban J connectivity index is 1.80. The van der Waals surface area contributed by atoms with Crippen LogP contribution in [0, 0.1) is 0 Å². The van der Waals surface area contributed by atoms with Crippen LogP contribution in [0.2, 0.25) is 0 Å². The highest BCUT2D eigenvalue weighted by atomic mass is 16.5. The zero-order valence-electron chi connectivity index (χ0n) is 11.2. The molecule has 0 radical (unpaired) electrons. The number of fused-ring (bicyclic) bond motifs is 1. The molecule has 2 amide bonds. The molecule has 1 aromatic rings. The van der Waals surface area contributed by atoms with Crippen LogP contribution in [0.4, 0.5) is 5.69 Å². The van der Waals surface area contributed by atoms with Crippen LogP contribution in [0.5, 0.6) is 5.75 Å². The molecule has 6 nitrogen and oxygen atoms in total. The van der Waals surface area contributed by atoms with E-state index in [1.54, 1.807) is 23.1 Å². The lowest BCUT2D eigenvalue weighted by molar-refractivity contribution is -0.118. The second-order valence-electron chi connectivity index (χ2n) is 4.98. The molecular formula is C14H16N2O4. The normalized spacial score (nSPS) is 21.8. The van der Waals surface area contributed by atoms with Crippen molar-refractivity contribution in [2.75, 3.05) is 31.6 Å². The fourth-order valence-electron chi connectivity index (χ4n) is 2.39. The van der Waals surface area contributed by atoms with E-state index < -0.39 is 0 Å². The van der Waals surface area contributed by atoms with E-state index in [9.17, 15) is 9.59 Å². The van der Waals surface area contributed by atoms with Gasteiger partial charge in [-0.25, -0.2) is 0 Å². The number of morpholine rings is 1. The molecule has 1 saturated heterocycles. The Labute approximate surface area is 116 Å². The minimum absolute atomic E-state index is 0.0147. The standard InChI is InChI=1S/C14H16N2O4/c1-9-7-16(4-5-19-9)14(18)10-2-3-11-12(6-10)20-8-13(17)15-11/h2-3,6,9H,4-5,7-8H2,1H3,(H,15,17). The van der Waals surface area contributed by atoms with Gasteiger partial charge < -0.3 is 19.7 Å². The summed E-state index contributed by atoms with van der Waals surface area (Å²) in [6.07, 6.45) is 0.0564. The Hall–Kier alpha value is -2.08. The molecule has 1 N–H and O–H groups in total. The molecule has 0 bridgehead atoms. The molecule has 0 spiro atoms. The van der Waals surface area contributed by atoms with E-state index >= 15 is 0 Å². The Morgan fingerprint density at radius 1 is 1.45 bits per heavy atom. The second kappa shape index (κ2) is 5.13. The van der Waals surface area contributed by atoms with E-state index in [2.05, 4.69) is 5.32 Å². The average molecular weight is 276 g/mol. The van der Waals surface area contributed by atoms with Crippen molar-refractivity contribution in [3.8, 4) is 5.75 Å². The van der Waals surface area contributed by atoms with Gasteiger partial charge in [-0.05, 0) is 25.1 Å². The SMILES string of the molecule is CC1CN(C(=O)c2ccc3c(c2)OCC(=O)N3)CCO1. The average Bonchev–Trinajstić information content (AvgIpc) is 2.46. The molecule has 1 atom stereocenters. The quantitative estimate of drug-likeness (QED) is 0.826. The van der Waals surface area contributed by atoms with Crippen LogP contribution in [-0.4, -0.2) is 49.1 Å². The monoisotopic (exact) mass is 276 g/mol. The molecule has 2 aliphatic heterocycles. The summed E-state index contributed by atoms with van der Waals surface area (Å²) in [7, 11) is 0. The molecule has 1 aromatic carbocycles. The van der Waals surface area contributed by atoms with Crippen LogP contribution in [0.3, 0.4) is 0 Å². The van der Waals surface area contributed by atoms with Crippen molar-refractivity contribution < 1.29 is 19.1 Å². The van der Waals surface area contributed by atoms with Gasteiger partial charge in [0.1, 0.15) is 5.75 Å². The maximum absolute atomic E-state index is 12.4. The van der Waals surface area contributed by atoms with E-state index in [-0.39, 0.29) is 24.5 Å². The molecular weight excluding hydrogens is 260 g/mol. The lowest BCUT2D eigenvalue weighted by atomic mass is 10.1. The number of ether oxygens (including phenoxy) is 2. The largest absolute Gasteiger partial charge is 0.482 e. The third-order valence-corrected chi connectivity index (χ3v) is 3.39. The van der Waals surface area contributed by atoms with Crippen molar-refractivity contribution in [2.45, 2.75) is 13.0 Å². The Bertz CT molecular complexity index is 558. The van der Waals surface area contributed by atoms with Gasteiger partial charge in [0.25, 0.3) is 11.8 Å². The van der Waals surface area contributed by atoms with Crippen molar-refractivity contribution in [1.82, 2.24) is 4.90 Å². The van der Waals surface area contributed by atoms with Gasteiger partial charge in [0.15, 0.2) is 6.61 Å². The van der Waals surface area contributed by atoms with Crippen molar-refractivity contribution in [2.24, 2.45) is 0 Å². The lowest BCUT2D eigenvalue weighted by Gasteiger charge is -2.31. The molecule has 2 heterocycles. The topological polar surface area (TPSA) is 67.9 Å². The number of carbonyl (C=O) groups is 2. The third kappa shape index (κ3) is 2.46. The minimum Gasteiger partial charge on any atom is -0.482 e. The molecule has 1 unspecified atom stereocenters. The van der Waals surface area contributed by atoms with Crippen molar-refractivity contribution in [3.63, 3.8) is 0 Å². The van der Waals surface area contributed by atoms with Crippen molar-refractivity contribution in [1.29, 1.82) is 0 Å². The molecule has 1 fully saturated rings. The van der Waals surface area contributed by atoms with Gasteiger partial charge in [-0.2, -0.15) is 0 Å². The first-order chi connectivity index (χ1) is 9.63. The Kier molecular flexibility index (Phi) is 3.31. The number of hydrogen-bond donors (Lipinski definition) is 1. The summed E-state index contributed by atoms with van der Waals surface area (Å²) < 4.78 is 10.8. The molecule has 106 valence electrons. The second-order valence-corrected chi connectivity index (χ2v) is 4.98. The molecule has 0 aliphatic carbocycles. The van der Waals surface area contributed by atoms with Crippen LogP contribution in [0.1, 0.15) is 17.3 Å². The molecule has 0 aromatic heterocycles. The highest BCUT2D eigenvalue weighted by Gasteiger charge is 2.24.